The van der Waals surface area contributed by atoms with Gasteiger partial charge in [-0.1, -0.05) is 12.8 Å². The average Bonchev–Trinajstić information content (AvgIpc) is 2.90. The zero-order valence-electron chi connectivity index (χ0n) is 9.84. The predicted octanol–water partition coefficient (Wildman–Crippen LogP) is 1.82. The molecular weight excluding hydrogens is 220 g/mol. The molecule has 1 saturated carbocycles. The van der Waals surface area contributed by atoms with Crippen LogP contribution < -0.4 is 10.6 Å². The van der Waals surface area contributed by atoms with Crippen LogP contribution in [0.5, 0.6) is 0 Å². The minimum atomic E-state index is 0.620. The molecule has 0 bridgehead atoms. The second-order valence-electron chi connectivity index (χ2n) is 4.90. The van der Waals surface area contributed by atoms with Gasteiger partial charge >= 0.3 is 0 Å². The molecule has 4 heteroatoms. The van der Waals surface area contributed by atoms with Crippen molar-refractivity contribution in [2.75, 3.05) is 19.8 Å². The maximum absolute atomic E-state index is 5.35. The topological polar surface area (TPSA) is 33.3 Å². The van der Waals surface area contributed by atoms with Gasteiger partial charge in [-0.2, -0.15) is 0 Å². The molecule has 92 valence electrons. The molecule has 1 unspecified atom stereocenters. The smallest absolute Gasteiger partial charge is 0.166 e. The Kier molecular flexibility index (Phi) is 4.85. The summed E-state index contributed by atoms with van der Waals surface area (Å²) in [6.07, 6.45) is 7.63. The van der Waals surface area contributed by atoms with Gasteiger partial charge in [0, 0.05) is 25.8 Å². The summed E-state index contributed by atoms with van der Waals surface area (Å²) in [5, 5.41) is 7.53. The van der Waals surface area contributed by atoms with E-state index in [1.165, 1.54) is 38.5 Å². The number of thiocarbonyl (C=S) groups is 1. The monoisotopic (exact) mass is 242 g/mol. The van der Waals surface area contributed by atoms with E-state index in [0.29, 0.717) is 6.04 Å². The minimum Gasteiger partial charge on any atom is -0.381 e. The van der Waals surface area contributed by atoms with Gasteiger partial charge in [-0.25, -0.2) is 0 Å². The van der Waals surface area contributed by atoms with Gasteiger partial charge in [0.2, 0.25) is 0 Å². The van der Waals surface area contributed by atoms with Gasteiger partial charge in [-0.15, -0.1) is 0 Å². The Morgan fingerprint density at radius 3 is 2.75 bits per heavy atom. The Hall–Kier alpha value is -0.350. The molecule has 2 fully saturated rings. The maximum Gasteiger partial charge on any atom is 0.166 e. The SMILES string of the molecule is S=C(NCCC1CCOC1)NC1CCCC1. The lowest BCUT2D eigenvalue weighted by Gasteiger charge is -2.16. The van der Waals surface area contributed by atoms with Crippen LogP contribution in [0.1, 0.15) is 38.5 Å². The number of ether oxygens (including phenoxy) is 1. The highest BCUT2D eigenvalue weighted by molar-refractivity contribution is 7.80. The quantitative estimate of drug-likeness (QED) is 0.737. The highest BCUT2D eigenvalue weighted by Crippen LogP contribution is 2.17. The summed E-state index contributed by atoms with van der Waals surface area (Å²) in [7, 11) is 0. The van der Waals surface area contributed by atoms with Crippen molar-refractivity contribution in [1.29, 1.82) is 0 Å². The molecule has 2 aliphatic rings. The zero-order chi connectivity index (χ0) is 11.2. The first kappa shape index (κ1) is 12.1. The number of hydrogen-bond donors (Lipinski definition) is 2. The van der Waals surface area contributed by atoms with Crippen LogP contribution in [-0.2, 0) is 4.74 Å². The van der Waals surface area contributed by atoms with Crippen molar-refractivity contribution >= 4 is 17.3 Å². The highest BCUT2D eigenvalue weighted by Gasteiger charge is 2.17. The Bertz CT molecular complexity index is 223. The average molecular weight is 242 g/mol. The van der Waals surface area contributed by atoms with Crippen LogP contribution in [0.25, 0.3) is 0 Å². The molecule has 1 heterocycles. The molecule has 0 aromatic rings. The van der Waals surface area contributed by atoms with E-state index in [4.69, 9.17) is 17.0 Å². The second kappa shape index (κ2) is 6.40. The summed E-state index contributed by atoms with van der Waals surface area (Å²) in [6, 6.07) is 0.620. The van der Waals surface area contributed by atoms with E-state index in [1.807, 2.05) is 0 Å². The van der Waals surface area contributed by atoms with Crippen molar-refractivity contribution in [2.24, 2.45) is 5.92 Å². The van der Waals surface area contributed by atoms with Gasteiger partial charge in [0.1, 0.15) is 0 Å². The molecule has 1 saturated heterocycles. The minimum absolute atomic E-state index is 0.620. The van der Waals surface area contributed by atoms with Gasteiger partial charge in [0.25, 0.3) is 0 Å². The van der Waals surface area contributed by atoms with Crippen LogP contribution in [0, 0.1) is 5.92 Å². The van der Waals surface area contributed by atoms with Crippen LogP contribution in [0.2, 0.25) is 0 Å². The molecule has 2 rings (SSSR count). The van der Waals surface area contributed by atoms with Crippen LogP contribution in [0.15, 0.2) is 0 Å². The lowest BCUT2D eigenvalue weighted by molar-refractivity contribution is 0.184. The van der Waals surface area contributed by atoms with Crippen LogP contribution in [-0.4, -0.2) is 30.9 Å². The van der Waals surface area contributed by atoms with Crippen molar-refractivity contribution in [2.45, 2.75) is 44.6 Å². The molecule has 1 atom stereocenters. The van der Waals surface area contributed by atoms with E-state index in [2.05, 4.69) is 10.6 Å². The second-order valence-corrected chi connectivity index (χ2v) is 5.31. The Morgan fingerprint density at radius 2 is 2.06 bits per heavy atom. The molecule has 1 aliphatic carbocycles. The van der Waals surface area contributed by atoms with Gasteiger partial charge in [0.15, 0.2) is 5.11 Å². The zero-order valence-corrected chi connectivity index (χ0v) is 10.7. The summed E-state index contributed by atoms with van der Waals surface area (Å²) in [4.78, 5) is 0. The molecule has 0 radical (unpaired) electrons. The summed E-state index contributed by atoms with van der Waals surface area (Å²) < 4.78 is 5.35. The molecule has 2 N–H and O–H groups in total. The lowest BCUT2D eigenvalue weighted by Crippen LogP contribution is -2.41. The first-order chi connectivity index (χ1) is 7.84. The van der Waals surface area contributed by atoms with E-state index in [-0.39, 0.29) is 0 Å². The fraction of sp³-hybridized carbons (Fsp3) is 0.917. The molecule has 0 aromatic carbocycles. The molecule has 0 aromatic heterocycles. The first-order valence-electron chi connectivity index (χ1n) is 6.46. The number of nitrogens with one attached hydrogen (secondary N) is 2. The molecule has 0 amide bonds. The number of hydrogen-bond acceptors (Lipinski definition) is 2. The van der Waals surface area contributed by atoms with Crippen molar-refractivity contribution in [3.8, 4) is 0 Å². The van der Waals surface area contributed by atoms with Gasteiger partial charge in [-0.3, -0.25) is 0 Å². The summed E-state index contributed by atoms with van der Waals surface area (Å²) in [5.41, 5.74) is 0. The lowest BCUT2D eigenvalue weighted by atomic mass is 10.1. The van der Waals surface area contributed by atoms with Crippen molar-refractivity contribution in [3.05, 3.63) is 0 Å². The Labute approximate surface area is 103 Å². The molecule has 3 nitrogen and oxygen atoms in total. The summed E-state index contributed by atoms with van der Waals surface area (Å²) >= 11 is 5.28. The van der Waals surface area contributed by atoms with E-state index >= 15 is 0 Å². The van der Waals surface area contributed by atoms with Gasteiger partial charge < -0.3 is 15.4 Å². The van der Waals surface area contributed by atoms with E-state index in [0.717, 1.165) is 30.8 Å². The predicted molar refractivity (Wildman–Crippen MR) is 69.5 cm³/mol. The maximum atomic E-state index is 5.35. The third kappa shape index (κ3) is 3.91. The highest BCUT2D eigenvalue weighted by atomic mass is 32.1. The number of rotatable bonds is 4. The fourth-order valence-corrected chi connectivity index (χ4v) is 2.78. The Balaban J connectivity index is 1.52. The van der Waals surface area contributed by atoms with Crippen molar-refractivity contribution in [1.82, 2.24) is 10.6 Å². The molecular formula is C12H22N2OS. The van der Waals surface area contributed by atoms with E-state index in [1.54, 1.807) is 0 Å². The summed E-state index contributed by atoms with van der Waals surface area (Å²) in [6.45, 7) is 2.85. The standard InChI is InChI=1S/C12H22N2OS/c16-12(14-11-3-1-2-4-11)13-7-5-10-6-8-15-9-10/h10-11H,1-9H2,(H2,13,14,16). The molecule has 0 spiro atoms. The van der Waals surface area contributed by atoms with Crippen LogP contribution in [0.3, 0.4) is 0 Å². The van der Waals surface area contributed by atoms with E-state index in [9.17, 15) is 0 Å². The van der Waals surface area contributed by atoms with Gasteiger partial charge in [-0.05, 0) is 43.8 Å². The van der Waals surface area contributed by atoms with Gasteiger partial charge in [0.05, 0.1) is 0 Å². The van der Waals surface area contributed by atoms with Crippen LogP contribution in [0.4, 0.5) is 0 Å². The van der Waals surface area contributed by atoms with Crippen LogP contribution >= 0.6 is 12.2 Å². The van der Waals surface area contributed by atoms with Crippen molar-refractivity contribution in [3.63, 3.8) is 0 Å². The fourth-order valence-electron chi connectivity index (χ4n) is 2.51. The normalized spacial score (nSPS) is 25.9. The third-order valence-corrected chi connectivity index (χ3v) is 3.81. The van der Waals surface area contributed by atoms with Crippen molar-refractivity contribution < 1.29 is 4.74 Å². The molecule has 16 heavy (non-hydrogen) atoms. The third-order valence-electron chi connectivity index (χ3n) is 3.55. The Morgan fingerprint density at radius 1 is 1.25 bits per heavy atom. The largest absolute Gasteiger partial charge is 0.381 e. The first-order valence-corrected chi connectivity index (χ1v) is 6.87. The summed E-state index contributed by atoms with van der Waals surface area (Å²) in [5.74, 6) is 0.738. The molecule has 1 aliphatic heterocycles. The van der Waals surface area contributed by atoms with E-state index < -0.39 is 0 Å².